The van der Waals surface area contributed by atoms with E-state index in [1.807, 2.05) is 0 Å². The Balaban J connectivity index is 1.64. The summed E-state index contributed by atoms with van der Waals surface area (Å²) in [6, 6.07) is 0. The van der Waals surface area contributed by atoms with E-state index < -0.39 is 5.97 Å². The van der Waals surface area contributed by atoms with Crippen molar-refractivity contribution in [2.45, 2.75) is 29.4 Å². The van der Waals surface area contributed by atoms with Crippen molar-refractivity contribution in [3.63, 3.8) is 0 Å². The van der Waals surface area contributed by atoms with E-state index in [0.29, 0.717) is 16.5 Å². The molecule has 3 heterocycles. The van der Waals surface area contributed by atoms with Gasteiger partial charge in [0.25, 0.3) is 0 Å². The van der Waals surface area contributed by atoms with Crippen LogP contribution in [0.4, 0.5) is 5.13 Å². The van der Waals surface area contributed by atoms with E-state index >= 15 is 0 Å². The first-order valence-corrected chi connectivity index (χ1v) is 7.59. The Kier molecular flexibility index (Phi) is 3.40. The number of nitrogens with zero attached hydrogens (tertiary/aromatic N) is 3. The molecule has 1 aromatic heterocycles. The molecule has 2 bridgehead atoms. The normalized spacial score (nSPS) is 26.6. The third-order valence-corrected chi connectivity index (χ3v) is 5.13. The summed E-state index contributed by atoms with van der Waals surface area (Å²) in [5.74, 6) is -0.802. The van der Waals surface area contributed by atoms with Crippen LogP contribution in [0.1, 0.15) is 12.8 Å². The molecule has 0 spiro atoms. The van der Waals surface area contributed by atoms with Gasteiger partial charge >= 0.3 is 5.97 Å². The highest BCUT2D eigenvalue weighted by atomic mass is 32.2. The van der Waals surface area contributed by atoms with E-state index in [1.54, 1.807) is 0 Å². The summed E-state index contributed by atoms with van der Waals surface area (Å²) in [6.07, 6.45) is 2.90. The van der Waals surface area contributed by atoms with Crippen LogP contribution in [0.5, 0.6) is 0 Å². The molecule has 3 rings (SSSR count). The summed E-state index contributed by atoms with van der Waals surface area (Å²) in [4.78, 5) is 12.7. The summed E-state index contributed by atoms with van der Waals surface area (Å²) in [6.45, 7) is 1.74. The van der Waals surface area contributed by atoms with Crippen molar-refractivity contribution >= 4 is 34.2 Å². The number of aromatic nitrogens is 2. The number of thioether (sulfide) groups is 1. The number of anilines is 1. The lowest BCUT2D eigenvalue weighted by atomic mass is 10.2. The minimum absolute atomic E-state index is 0.0307. The molecule has 1 N–H and O–H groups in total. The van der Waals surface area contributed by atoms with Crippen LogP contribution in [0.2, 0.25) is 0 Å². The number of ether oxygens (including phenoxy) is 1. The molecular weight excluding hydrogens is 274 g/mol. The van der Waals surface area contributed by atoms with E-state index in [-0.39, 0.29) is 5.75 Å². The maximum Gasteiger partial charge on any atom is 0.313 e. The molecule has 2 saturated heterocycles. The van der Waals surface area contributed by atoms with Gasteiger partial charge in [0.15, 0.2) is 4.34 Å². The maximum absolute atomic E-state index is 10.5. The molecule has 2 unspecified atom stereocenters. The smallest absolute Gasteiger partial charge is 0.313 e. The Morgan fingerprint density at radius 2 is 2.17 bits per heavy atom. The quantitative estimate of drug-likeness (QED) is 0.830. The molecule has 2 fully saturated rings. The fourth-order valence-electron chi connectivity index (χ4n) is 2.28. The highest BCUT2D eigenvalue weighted by molar-refractivity contribution is 8.01. The minimum atomic E-state index is -0.832. The molecule has 0 saturated carbocycles. The first-order chi connectivity index (χ1) is 8.70. The molecule has 0 aromatic carbocycles. The fourth-order valence-corrected chi connectivity index (χ4v) is 3.86. The number of hydrogen-bond donors (Lipinski definition) is 1. The third kappa shape index (κ3) is 2.60. The lowest BCUT2D eigenvalue weighted by molar-refractivity contribution is -0.133. The highest BCUT2D eigenvalue weighted by Gasteiger charge is 2.34. The number of carbonyl (C=O) groups is 1. The molecular formula is C10H13N3O3S2. The number of aliphatic carboxylic acids is 1. The summed E-state index contributed by atoms with van der Waals surface area (Å²) < 4.78 is 6.48. The average molecular weight is 287 g/mol. The minimum Gasteiger partial charge on any atom is -0.481 e. The Hall–Kier alpha value is -0.860. The first kappa shape index (κ1) is 12.2. The van der Waals surface area contributed by atoms with E-state index in [4.69, 9.17) is 9.84 Å². The number of hydrogen-bond acceptors (Lipinski definition) is 7. The Morgan fingerprint density at radius 3 is 2.83 bits per heavy atom. The maximum atomic E-state index is 10.5. The summed E-state index contributed by atoms with van der Waals surface area (Å²) >= 11 is 2.68. The van der Waals surface area contributed by atoms with Crippen molar-refractivity contribution in [1.29, 1.82) is 0 Å². The van der Waals surface area contributed by atoms with Crippen molar-refractivity contribution in [2.75, 3.05) is 23.7 Å². The molecule has 0 radical (unpaired) electrons. The SMILES string of the molecule is O=C(O)CSc1nnc(N2CC3CCC(C2)O3)s1. The lowest BCUT2D eigenvalue weighted by Crippen LogP contribution is -2.42. The highest BCUT2D eigenvalue weighted by Crippen LogP contribution is 2.33. The molecule has 2 aliphatic rings. The number of rotatable bonds is 4. The van der Waals surface area contributed by atoms with E-state index in [0.717, 1.165) is 31.1 Å². The van der Waals surface area contributed by atoms with Gasteiger partial charge in [0.1, 0.15) is 0 Å². The topological polar surface area (TPSA) is 75.5 Å². The zero-order valence-electron chi connectivity index (χ0n) is 9.61. The summed E-state index contributed by atoms with van der Waals surface area (Å²) in [5, 5.41) is 17.7. The second kappa shape index (κ2) is 5.02. The summed E-state index contributed by atoms with van der Waals surface area (Å²) in [5.41, 5.74) is 0. The Bertz CT molecular complexity index is 441. The van der Waals surface area contributed by atoms with Crippen LogP contribution in [0, 0.1) is 0 Å². The van der Waals surface area contributed by atoms with Crippen molar-refractivity contribution in [2.24, 2.45) is 0 Å². The van der Waals surface area contributed by atoms with Gasteiger partial charge in [-0.15, -0.1) is 10.2 Å². The van der Waals surface area contributed by atoms with Crippen LogP contribution in [0.25, 0.3) is 0 Å². The van der Waals surface area contributed by atoms with Gasteiger partial charge in [-0.2, -0.15) is 0 Å². The average Bonchev–Trinajstić information content (AvgIpc) is 2.94. The fraction of sp³-hybridized carbons (Fsp3) is 0.700. The van der Waals surface area contributed by atoms with E-state index in [1.165, 1.54) is 23.1 Å². The Labute approximate surface area is 112 Å². The zero-order chi connectivity index (χ0) is 12.5. The lowest BCUT2D eigenvalue weighted by Gasteiger charge is -2.31. The van der Waals surface area contributed by atoms with Gasteiger partial charge in [0.2, 0.25) is 5.13 Å². The van der Waals surface area contributed by atoms with Gasteiger partial charge in [-0.1, -0.05) is 23.1 Å². The second-order valence-corrected chi connectivity index (χ2v) is 6.57. The molecule has 1 aromatic rings. The standard InChI is InChI=1S/C10H13N3O3S2/c14-8(15)5-17-10-12-11-9(18-10)13-3-6-1-2-7(4-13)16-6/h6-7H,1-5H2,(H,14,15). The van der Waals surface area contributed by atoms with Gasteiger partial charge in [-0.05, 0) is 12.8 Å². The zero-order valence-corrected chi connectivity index (χ0v) is 11.2. The van der Waals surface area contributed by atoms with Crippen molar-refractivity contribution in [1.82, 2.24) is 10.2 Å². The van der Waals surface area contributed by atoms with Gasteiger partial charge in [-0.3, -0.25) is 4.79 Å². The van der Waals surface area contributed by atoms with Gasteiger partial charge in [0, 0.05) is 13.1 Å². The van der Waals surface area contributed by atoms with Crippen LogP contribution >= 0.6 is 23.1 Å². The third-order valence-electron chi connectivity index (χ3n) is 3.03. The monoisotopic (exact) mass is 287 g/mol. The van der Waals surface area contributed by atoms with Gasteiger partial charge in [-0.25, -0.2) is 0 Å². The molecule has 6 nitrogen and oxygen atoms in total. The van der Waals surface area contributed by atoms with E-state index in [9.17, 15) is 4.79 Å². The van der Waals surface area contributed by atoms with Crippen LogP contribution in [-0.4, -0.2) is 52.3 Å². The molecule has 18 heavy (non-hydrogen) atoms. The number of carboxylic acids is 1. The Morgan fingerprint density at radius 1 is 1.44 bits per heavy atom. The van der Waals surface area contributed by atoms with Crippen molar-refractivity contribution in [3.8, 4) is 0 Å². The van der Waals surface area contributed by atoms with Crippen LogP contribution in [0.3, 0.4) is 0 Å². The molecule has 8 heteroatoms. The van der Waals surface area contributed by atoms with Gasteiger partial charge in [0.05, 0.1) is 18.0 Å². The second-order valence-electron chi connectivity index (χ2n) is 4.40. The molecule has 2 aliphatic heterocycles. The predicted octanol–water partition coefficient (Wildman–Crippen LogP) is 1.08. The number of carboxylic acid groups (broad SMARTS) is 1. The van der Waals surface area contributed by atoms with Crippen molar-refractivity contribution in [3.05, 3.63) is 0 Å². The predicted molar refractivity (Wildman–Crippen MR) is 68.4 cm³/mol. The van der Waals surface area contributed by atoms with Gasteiger partial charge < -0.3 is 14.7 Å². The summed E-state index contributed by atoms with van der Waals surface area (Å²) in [7, 11) is 0. The van der Waals surface area contributed by atoms with Crippen molar-refractivity contribution < 1.29 is 14.6 Å². The number of morpholine rings is 1. The van der Waals surface area contributed by atoms with E-state index in [2.05, 4.69) is 15.1 Å². The first-order valence-electron chi connectivity index (χ1n) is 5.79. The molecule has 0 amide bonds. The van der Waals surface area contributed by atoms with Crippen LogP contribution < -0.4 is 4.90 Å². The largest absolute Gasteiger partial charge is 0.481 e. The number of fused-ring (bicyclic) bond motifs is 2. The van der Waals surface area contributed by atoms with Crippen LogP contribution in [-0.2, 0) is 9.53 Å². The molecule has 0 aliphatic carbocycles. The molecule has 2 atom stereocenters. The van der Waals surface area contributed by atoms with Crippen LogP contribution in [0.15, 0.2) is 4.34 Å². The molecule has 98 valence electrons.